The SMILES string of the molecule is CCC1(C(=O)NCCc2nc(C)no2)CCCN1. The van der Waals surface area contributed by atoms with E-state index in [2.05, 4.69) is 20.8 Å². The lowest BCUT2D eigenvalue weighted by molar-refractivity contribution is -0.127. The molecule has 1 fully saturated rings. The Morgan fingerprint density at radius 1 is 1.61 bits per heavy atom. The maximum Gasteiger partial charge on any atom is 0.240 e. The molecule has 1 aliphatic heterocycles. The number of amides is 1. The number of hydrogen-bond acceptors (Lipinski definition) is 5. The molecule has 1 unspecified atom stereocenters. The van der Waals surface area contributed by atoms with Crippen molar-refractivity contribution in [1.82, 2.24) is 20.8 Å². The fourth-order valence-electron chi connectivity index (χ4n) is 2.36. The lowest BCUT2D eigenvalue weighted by Crippen LogP contribution is -2.53. The van der Waals surface area contributed by atoms with Crippen LogP contribution in [0.2, 0.25) is 0 Å². The third kappa shape index (κ3) is 2.69. The number of nitrogens with one attached hydrogen (secondary N) is 2. The van der Waals surface area contributed by atoms with Crippen molar-refractivity contribution < 1.29 is 9.32 Å². The van der Waals surface area contributed by atoms with Gasteiger partial charge in [-0.1, -0.05) is 12.1 Å². The number of carbonyl (C=O) groups excluding carboxylic acids is 1. The summed E-state index contributed by atoms with van der Waals surface area (Å²) in [5.41, 5.74) is -0.370. The number of hydrogen-bond donors (Lipinski definition) is 2. The standard InChI is InChI=1S/C12H20N4O2/c1-3-12(6-4-7-14-12)11(17)13-8-5-10-15-9(2)16-18-10/h14H,3-8H2,1-2H3,(H,13,17). The second kappa shape index (κ2) is 5.48. The van der Waals surface area contributed by atoms with E-state index in [-0.39, 0.29) is 11.4 Å². The van der Waals surface area contributed by atoms with Crippen LogP contribution in [0.25, 0.3) is 0 Å². The van der Waals surface area contributed by atoms with Gasteiger partial charge in [-0.3, -0.25) is 4.79 Å². The van der Waals surface area contributed by atoms with Gasteiger partial charge in [-0.25, -0.2) is 0 Å². The monoisotopic (exact) mass is 252 g/mol. The zero-order valence-electron chi connectivity index (χ0n) is 11.0. The van der Waals surface area contributed by atoms with Crippen LogP contribution in [0.1, 0.15) is 37.9 Å². The van der Waals surface area contributed by atoms with Gasteiger partial charge in [0.1, 0.15) is 0 Å². The summed E-state index contributed by atoms with van der Waals surface area (Å²) >= 11 is 0. The lowest BCUT2D eigenvalue weighted by Gasteiger charge is -2.26. The second-order valence-electron chi connectivity index (χ2n) is 4.71. The molecule has 2 heterocycles. The van der Waals surface area contributed by atoms with E-state index in [4.69, 9.17) is 4.52 Å². The largest absolute Gasteiger partial charge is 0.354 e. The van der Waals surface area contributed by atoms with Crippen LogP contribution in [0.5, 0.6) is 0 Å². The first-order chi connectivity index (χ1) is 8.66. The Balaban J connectivity index is 1.81. The first kappa shape index (κ1) is 13.0. The van der Waals surface area contributed by atoms with Crippen molar-refractivity contribution >= 4 is 5.91 Å². The highest BCUT2D eigenvalue weighted by molar-refractivity contribution is 5.86. The minimum Gasteiger partial charge on any atom is -0.354 e. The van der Waals surface area contributed by atoms with Crippen molar-refractivity contribution in [2.75, 3.05) is 13.1 Å². The zero-order chi connectivity index (χ0) is 13.0. The molecule has 1 atom stereocenters. The molecule has 1 saturated heterocycles. The number of rotatable bonds is 5. The summed E-state index contributed by atoms with van der Waals surface area (Å²) in [7, 11) is 0. The van der Waals surface area contributed by atoms with Crippen LogP contribution < -0.4 is 10.6 Å². The van der Waals surface area contributed by atoms with E-state index in [1.807, 2.05) is 6.92 Å². The van der Waals surface area contributed by atoms with Crippen molar-refractivity contribution in [3.05, 3.63) is 11.7 Å². The average Bonchev–Trinajstić information content (AvgIpc) is 2.99. The van der Waals surface area contributed by atoms with E-state index >= 15 is 0 Å². The van der Waals surface area contributed by atoms with Gasteiger partial charge in [0.2, 0.25) is 11.8 Å². The molecule has 1 aromatic heterocycles. The maximum absolute atomic E-state index is 12.2. The Hall–Kier alpha value is -1.43. The Labute approximate surface area is 107 Å². The molecule has 6 nitrogen and oxygen atoms in total. The molecule has 100 valence electrons. The predicted molar refractivity (Wildman–Crippen MR) is 66.0 cm³/mol. The first-order valence-corrected chi connectivity index (χ1v) is 6.49. The lowest BCUT2D eigenvalue weighted by atomic mass is 9.93. The molecular weight excluding hydrogens is 232 g/mol. The van der Waals surface area contributed by atoms with E-state index < -0.39 is 0 Å². The van der Waals surface area contributed by atoms with Gasteiger partial charge < -0.3 is 15.2 Å². The third-order valence-electron chi connectivity index (χ3n) is 3.48. The van der Waals surface area contributed by atoms with Crippen molar-refractivity contribution in [2.24, 2.45) is 0 Å². The fraction of sp³-hybridized carbons (Fsp3) is 0.750. The molecule has 0 radical (unpaired) electrons. The fourth-order valence-corrected chi connectivity index (χ4v) is 2.36. The minimum atomic E-state index is -0.370. The van der Waals surface area contributed by atoms with E-state index in [1.165, 1.54) is 0 Å². The highest BCUT2D eigenvalue weighted by atomic mass is 16.5. The van der Waals surface area contributed by atoms with E-state index in [1.54, 1.807) is 6.92 Å². The first-order valence-electron chi connectivity index (χ1n) is 6.49. The van der Waals surface area contributed by atoms with Gasteiger partial charge in [0, 0.05) is 13.0 Å². The summed E-state index contributed by atoms with van der Waals surface area (Å²) in [5, 5.41) is 9.96. The minimum absolute atomic E-state index is 0.0822. The van der Waals surface area contributed by atoms with Crippen molar-refractivity contribution in [3.8, 4) is 0 Å². The van der Waals surface area contributed by atoms with Gasteiger partial charge in [0.25, 0.3) is 0 Å². The van der Waals surface area contributed by atoms with Gasteiger partial charge in [0.05, 0.1) is 5.54 Å². The quantitative estimate of drug-likeness (QED) is 0.800. The van der Waals surface area contributed by atoms with Crippen LogP contribution in [0, 0.1) is 6.92 Å². The molecule has 0 bridgehead atoms. The maximum atomic E-state index is 12.2. The molecule has 6 heteroatoms. The molecule has 1 amide bonds. The molecule has 0 saturated carbocycles. The average molecular weight is 252 g/mol. The van der Waals surface area contributed by atoms with Gasteiger partial charge in [-0.15, -0.1) is 0 Å². The van der Waals surface area contributed by atoms with E-state index in [0.29, 0.717) is 24.7 Å². The Kier molecular flexibility index (Phi) is 3.96. The molecule has 0 spiro atoms. The van der Waals surface area contributed by atoms with Crippen LogP contribution in [0.4, 0.5) is 0 Å². The molecule has 1 aliphatic rings. The number of nitrogens with zero attached hydrogens (tertiary/aromatic N) is 2. The Bertz CT molecular complexity index is 410. The summed E-state index contributed by atoms with van der Waals surface area (Å²) in [5.74, 6) is 1.27. The molecule has 0 aliphatic carbocycles. The summed E-state index contributed by atoms with van der Waals surface area (Å²) in [6.45, 7) is 5.27. The summed E-state index contributed by atoms with van der Waals surface area (Å²) in [6.07, 6.45) is 3.37. The Morgan fingerprint density at radius 2 is 2.44 bits per heavy atom. The summed E-state index contributed by atoms with van der Waals surface area (Å²) in [4.78, 5) is 16.3. The van der Waals surface area contributed by atoms with Crippen molar-refractivity contribution in [3.63, 3.8) is 0 Å². The van der Waals surface area contributed by atoms with Gasteiger partial charge in [-0.05, 0) is 32.7 Å². The summed E-state index contributed by atoms with van der Waals surface area (Å²) < 4.78 is 5.00. The molecule has 18 heavy (non-hydrogen) atoms. The topological polar surface area (TPSA) is 80.1 Å². The third-order valence-corrected chi connectivity index (χ3v) is 3.48. The van der Waals surface area contributed by atoms with Crippen LogP contribution in [0.3, 0.4) is 0 Å². The predicted octanol–water partition coefficient (Wildman–Crippen LogP) is 0.569. The van der Waals surface area contributed by atoms with Crippen LogP contribution in [-0.4, -0.2) is 34.7 Å². The van der Waals surface area contributed by atoms with Crippen LogP contribution in [-0.2, 0) is 11.2 Å². The Morgan fingerprint density at radius 3 is 3.00 bits per heavy atom. The zero-order valence-corrected chi connectivity index (χ0v) is 11.0. The number of aromatic nitrogens is 2. The van der Waals surface area contributed by atoms with Crippen LogP contribution in [0.15, 0.2) is 4.52 Å². The van der Waals surface area contributed by atoms with E-state index in [0.717, 1.165) is 25.8 Å². The normalized spacial score (nSPS) is 23.2. The highest BCUT2D eigenvalue weighted by Gasteiger charge is 2.38. The molecule has 1 aromatic rings. The molecular formula is C12H20N4O2. The van der Waals surface area contributed by atoms with Crippen molar-refractivity contribution in [1.29, 1.82) is 0 Å². The van der Waals surface area contributed by atoms with Gasteiger partial charge >= 0.3 is 0 Å². The van der Waals surface area contributed by atoms with Crippen molar-refractivity contribution in [2.45, 2.75) is 45.1 Å². The second-order valence-corrected chi connectivity index (χ2v) is 4.71. The molecule has 2 N–H and O–H groups in total. The van der Waals surface area contributed by atoms with Crippen LogP contribution >= 0.6 is 0 Å². The molecule has 0 aromatic carbocycles. The number of carbonyl (C=O) groups is 1. The number of aryl methyl sites for hydroxylation is 1. The molecule has 2 rings (SSSR count). The summed E-state index contributed by atoms with van der Waals surface area (Å²) in [6, 6.07) is 0. The smallest absolute Gasteiger partial charge is 0.240 e. The van der Waals surface area contributed by atoms with Gasteiger partial charge in [0.15, 0.2) is 5.82 Å². The highest BCUT2D eigenvalue weighted by Crippen LogP contribution is 2.22. The van der Waals surface area contributed by atoms with E-state index in [9.17, 15) is 4.79 Å². The van der Waals surface area contributed by atoms with Gasteiger partial charge in [-0.2, -0.15) is 4.98 Å².